The molecule has 0 radical (unpaired) electrons. The van der Waals surface area contributed by atoms with E-state index in [1.807, 2.05) is 19.0 Å². The number of aromatic hydroxyl groups is 1. The Hall–Kier alpha value is -2.38. The van der Waals surface area contributed by atoms with Crippen LogP contribution in [0, 0.1) is 0 Å². The summed E-state index contributed by atoms with van der Waals surface area (Å²) >= 11 is 0. The van der Waals surface area contributed by atoms with Gasteiger partial charge in [0.05, 0.1) is 5.60 Å². The smallest absolute Gasteiger partial charge is 0.336 e. The number of hydrogen-bond donors (Lipinski definition) is 2. The molecule has 3 rings (SSSR count). The lowest BCUT2D eigenvalue weighted by molar-refractivity contribution is -0.133. The summed E-state index contributed by atoms with van der Waals surface area (Å²) in [5.74, 6) is -2.40. The van der Waals surface area contributed by atoms with Gasteiger partial charge in [-0.1, -0.05) is 25.3 Å². The third-order valence-corrected chi connectivity index (χ3v) is 5.17. The van der Waals surface area contributed by atoms with Crippen LogP contribution in [0.3, 0.4) is 0 Å². The highest BCUT2D eigenvalue weighted by molar-refractivity contribution is 5.95. The second-order valence-corrected chi connectivity index (χ2v) is 7.49. The third kappa shape index (κ3) is 4.14. The van der Waals surface area contributed by atoms with Gasteiger partial charge in [0.2, 0.25) is 5.75 Å². The van der Waals surface area contributed by atoms with Crippen molar-refractivity contribution >= 4 is 11.9 Å². The molecule has 1 heterocycles. The number of nitrogens with zero attached hydrogens (tertiary/aromatic N) is 1. The lowest BCUT2D eigenvalue weighted by Gasteiger charge is -2.41. The van der Waals surface area contributed by atoms with E-state index in [0.717, 1.165) is 31.4 Å². The number of hydrogen-bond acceptors (Lipinski definition) is 7. The van der Waals surface area contributed by atoms with Gasteiger partial charge in [-0.25, -0.2) is 9.59 Å². The summed E-state index contributed by atoms with van der Waals surface area (Å²) in [6.45, 7) is 0.509. The van der Waals surface area contributed by atoms with E-state index in [2.05, 4.69) is 0 Å². The molecule has 0 spiro atoms. The predicted molar refractivity (Wildman–Crippen MR) is 97.8 cm³/mol. The van der Waals surface area contributed by atoms with E-state index in [0.29, 0.717) is 24.9 Å². The van der Waals surface area contributed by atoms with Gasteiger partial charge in [-0.2, -0.15) is 0 Å². The molecule has 1 aliphatic carbocycles. The van der Waals surface area contributed by atoms with Gasteiger partial charge in [0.15, 0.2) is 11.5 Å². The molecular weight excluding hydrogens is 350 g/mol. The maximum atomic E-state index is 12.0. The van der Waals surface area contributed by atoms with Crippen molar-refractivity contribution in [2.45, 2.75) is 43.6 Å². The van der Waals surface area contributed by atoms with Crippen LogP contribution in [0.5, 0.6) is 17.2 Å². The molecule has 0 saturated heterocycles. The Morgan fingerprint density at radius 3 is 2.22 bits per heavy atom. The van der Waals surface area contributed by atoms with Gasteiger partial charge in [-0.05, 0) is 33.0 Å². The van der Waals surface area contributed by atoms with Crippen LogP contribution in [-0.4, -0.2) is 53.3 Å². The lowest BCUT2D eigenvalue weighted by atomic mass is 9.72. The van der Waals surface area contributed by atoms with Crippen molar-refractivity contribution < 1.29 is 29.3 Å². The first kappa shape index (κ1) is 19.4. The first-order valence-corrected chi connectivity index (χ1v) is 9.15. The van der Waals surface area contributed by atoms with E-state index in [-0.39, 0.29) is 23.2 Å². The molecule has 7 heteroatoms. The maximum absolute atomic E-state index is 12.0. The number of carbonyl (C=O) groups excluding carboxylic acids is 2. The SMILES string of the molecule is CN(C)CC(c1ccc(O)c2c1OC(=O)/C=C/C(=O)O2)C1(O)CCCCC1. The number of rotatable bonds is 4. The number of phenolic OH excluding ortho intramolecular Hbond substituents is 1. The van der Waals surface area contributed by atoms with E-state index in [4.69, 9.17) is 9.47 Å². The molecule has 146 valence electrons. The zero-order valence-corrected chi connectivity index (χ0v) is 15.6. The highest BCUT2D eigenvalue weighted by Gasteiger charge is 2.41. The summed E-state index contributed by atoms with van der Waals surface area (Å²) in [5, 5.41) is 21.6. The van der Waals surface area contributed by atoms with E-state index in [1.54, 1.807) is 6.07 Å². The largest absolute Gasteiger partial charge is 0.504 e. The lowest BCUT2D eigenvalue weighted by Crippen LogP contribution is -2.43. The molecule has 2 aliphatic rings. The van der Waals surface area contributed by atoms with E-state index in [9.17, 15) is 19.8 Å². The average molecular weight is 375 g/mol. The van der Waals surface area contributed by atoms with Gasteiger partial charge in [0, 0.05) is 30.2 Å². The molecule has 1 aliphatic heterocycles. The van der Waals surface area contributed by atoms with Gasteiger partial charge < -0.3 is 24.6 Å². The topological polar surface area (TPSA) is 96.3 Å². The van der Waals surface area contributed by atoms with Crippen LogP contribution in [-0.2, 0) is 9.59 Å². The first-order valence-electron chi connectivity index (χ1n) is 9.15. The number of phenols is 1. The van der Waals surface area contributed by atoms with E-state index in [1.165, 1.54) is 6.07 Å². The van der Waals surface area contributed by atoms with Crippen LogP contribution >= 0.6 is 0 Å². The van der Waals surface area contributed by atoms with Crippen LogP contribution in [0.15, 0.2) is 24.3 Å². The number of esters is 2. The fourth-order valence-corrected chi connectivity index (χ4v) is 3.89. The minimum Gasteiger partial charge on any atom is -0.504 e. The number of benzene rings is 1. The Kier molecular flexibility index (Phi) is 5.53. The van der Waals surface area contributed by atoms with Gasteiger partial charge in [-0.3, -0.25) is 0 Å². The van der Waals surface area contributed by atoms with Crippen LogP contribution < -0.4 is 9.47 Å². The van der Waals surface area contributed by atoms with Crippen LogP contribution in [0.4, 0.5) is 0 Å². The first-order chi connectivity index (χ1) is 12.8. The molecule has 1 unspecified atom stereocenters. The molecule has 1 saturated carbocycles. The number of aliphatic hydroxyl groups is 1. The van der Waals surface area contributed by atoms with Crippen LogP contribution in [0.25, 0.3) is 0 Å². The number of carbonyl (C=O) groups is 2. The van der Waals surface area contributed by atoms with Crippen molar-refractivity contribution in [1.82, 2.24) is 4.90 Å². The van der Waals surface area contributed by atoms with E-state index >= 15 is 0 Å². The molecule has 0 aromatic heterocycles. The van der Waals surface area contributed by atoms with E-state index < -0.39 is 17.5 Å². The Bertz CT molecular complexity index is 764. The average Bonchev–Trinajstić information content (AvgIpc) is 2.61. The van der Waals surface area contributed by atoms with Crippen molar-refractivity contribution in [1.29, 1.82) is 0 Å². The van der Waals surface area contributed by atoms with Crippen molar-refractivity contribution in [2.24, 2.45) is 0 Å². The zero-order valence-electron chi connectivity index (χ0n) is 15.6. The minimum absolute atomic E-state index is 0.0106. The molecule has 1 aromatic rings. The minimum atomic E-state index is -0.970. The highest BCUT2D eigenvalue weighted by Crippen LogP contribution is 2.48. The quantitative estimate of drug-likeness (QED) is 0.615. The molecule has 0 bridgehead atoms. The second kappa shape index (κ2) is 7.70. The summed E-state index contributed by atoms with van der Waals surface area (Å²) in [6, 6.07) is 3.02. The van der Waals surface area contributed by atoms with Crippen molar-refractivity contribution in [3.05, 3.63) is 29.8 Å². The summed E-state index contributed by atoms with van der Waals surface area (Å²) in [4.78, 5) is 25.8. The van der Waals surface area contributed by atoms with Gasteiger partial charge in [0.25, 0.3) is 0 Å². The number of likely N-dealkylation sites (N-methyl/N-ethyl adjacent to an activating group) is 1. The molecule has 1 atom stereocenters. The second-order valence-electron chi connectivity index (χ2n) is 7.49. The number of ether oxygens (including phenoxy) is 2. The molecule has 1 aromatic carbocycles. The molecule has 7 nitrogen and oxygen atoms in total. The maximum Gasteiger partial charge on any atom is 0.336 e. The van der Waals surface area contributed by atoms with Crippen molar-refractivity contribution in [3.63, 3.8) is 0 Å². The summed E-state index contributed by atoms with van der Waals surface area (Å²) in [6.07, 6.45) is 6.10. The van der Waals surface area contributed by atoms with Crippen molar-refractivity contribution in [2.75, 3.05) is 20.6 Å². The third-order valence-electron chi connectivity index (χ3n) is 5.17. The van der Waals surface area contributed by atoms with Crippen LogP contribution in [0.2, 0.25) is 0 Å². The molecular formula is C20H25NO6. The predicted octanol–water partition coefficient (Wildman–Crippen LogP) is 2.11. The standard InChI is InChI=1S/C20H25NO6/c1-21(2)12-14(20(25)10-4-3-5-11-20)13-6-7-15(22)19-18(13)26-16(23)8-9-17(24)27-19/h6-9,14,22,25H,3-5,10-12H2,1-2H3/b9-8+. The molecule has 1 fully saturated rings. The Balaban J connectivity index is 2.13. The molecule has 2 N–H and O–H groups in total. The van der Waals surface area contributed by atoms with Crippen molar-refractivity contribution in [3.8, 4) is 17.2 Å². The summed E-state index contributed by atoms with van der Waals surface area (Å²) in [5.41, 5.74) is -0.431. The fraction of sp³-hybridized carbons (Fsp3) is 0.500. The molecule has 0 amide bonds. The highest BCUT2D eigenvalue weighted by atomic mass is 16.6. The Labute approximate surface area is 158 Å². The normalized spacial score (nSPS) is 21.5. The number of fused-ring (bicyclic) bond motifs is 1. The summed E-state index contributed by atoms with van der Waals surface area (Å²) in [7, 11) is 3.80. The van der Waals surface area contributed by atoms with Crippen LogP contribution in [0.1, 0.15) is 43.6 Å². The Morgan fingerprint density at radius 1 is 1.04 bits per heavy atom. The molecule has 27 heavy (non-hydrogen) atoms. The zero-order chi connectivity index (χ0) is 19.6. The van der Waals surface area contributed by atoms with Gasteiger partial charge >= 0.3 is 11.9 Å². The summed E-state index contributed by atoms with van der Waals surface area (Å²) < 4.78 is 10.6. The van der Waals surface area contributed by atoms with Gasteiger partial charge in [0.1, 0.15) is 0 Å². The fourth-order valence-electron chi connectivity index (χ4n) is 3.89. The Morgan fingerprint density at radius 2 is 1.63 bits per heavy atom. The van der Waals surface area contributed by atoms with Gasteiger partial charge in [-0.15, -0.1) is 0 Å². The monoisotopic (exact) mass is 375 g/mol.